The molecule has 0 aliphatic heterocycles. The summed E-state index contributed by atoms with van der Waals surface area (Å²) in [5.74, 6) is 5.49. The van der Waals surface area contributed by atoms with E-state index in [0.29, 0.717) is 17.1 Å². The third kappa shape index (κ3) is 2.94. The van der Waals surface area contributed by atoms with Crippen molar-refractivity contribution in [2.24, 2.45) is 0 Å². The van der Waals surface area contributed by atoms with Gasteiger partial charge in [0.15, 0.2) is 5.82 Å². The standard InChI is InChI=1S/C14H9N5O3/c20-14(21)12-13(18-19-17-12)22-10-3-1-2-9(8-10)4-5-11-15-6-7-16-11/h1-3,6-8H,(H,15,16)(H,20,21)(H,17,18,19). The van der Waals surface area contributed by atoms with Gasteiger partial charge in [-0.15, -0.1) is 5.10 Å². The minimum atomic E-state index is -1.22. The normalized spacial score (nSPS) is 9.82. The maximum absolute atomic E-state index is 10.9. The lowest BCUT2D eigenvalue weighted by molar-refractivity contribution is 0.0687. The van der Waals surface area contributed by atoms with Crippen LogP contribution in [0.25, 0.3) is 0 Å². The van der Waals surface area contributed by atoms with Gasteiger partial charge in [-0.25, -0.2) is 14.9 Å². The molecule has 0 bridgehead atoms. The highest BCUT2D eigenvalue weighted by Gasteiger charge is 2.16. The number of hydrogen-bond acceptors (Lipinski definition) is 5. The van der Waals surface area contributed by atoms with Crippen molar-refractivity contribution in [1.82, 2.24) is 25.4 Å². The highest BCUT2D eigenvalue weighted by atomic mass is 16.5. The predicted octanol–water partition coefficient (Wildman–Crippen LogP) is 1.42. The smallest absolute Gasteiger partial charge is 0.362 e. The molecule has 0 fully saturated rings. The third-order valence-corrected chi connectivity index (χ3v) is 2.60. The van der Waals surface area contributed by atoms with Gasteiger partial charge in [-0.2, -0.15) is 0 Å². The van der Waals surface area contributed by atoms with Crippen molar-refractivity contribution >= 4 is 5.97 Å². The molecule has 8 nitrogen and oxygen atoms in total. The number of H-pyrrole nitrogens is 2. The van der Waals surface area contributed by atoms with Gasteiger partial charge in [0.25, 0.3) is 5.88 Å². The van der Waals surface area contributed by atoms with Gasteiger partial charge in [-0.05, 0) is 24.1 Å². The van der Waals surface area contributed by atoms with Gasteiger partial charge in [0.2, 0.25) is 5.69 Å². The molecular formula is C14H9N5O3. The molecule has 3 rings (SSSR count). The summed E-state index contributed by atoms with van der Waals surface area (Å²) in [6, 6.07) is 6.88. The van der Waals surface area contributed by atoms with E-state index in [9.17, 15) is 4.79 Å². The van der Waals surface area contributed by atoms with Crippen LogP contribution in [0.15, 0.2) is 36.7 Å². The van der Waals surface area contributed by atoms with Gasteiger partial charge in [-0.3, -0.25) is 0 Å². The van der Waals surface area contributed by atoms with E-state index in [1.807, 2.05) is 0 Å². The molecule has 3 aromatic rings. The Kier molecular flexibility index (Phi) is 3.53. The number of benzene rings is 1. The van der Waals surface area contributed by atoms with Gasteiger partial charge in [0, 0.05) is 18.0 Å². The minimum Gasteiger partial charge on any atom is -0.476 e. The molecule has 22 heavy (non-hydrogen) atoms. The molecule has 0 radical (unpaired) electrons. The van der Waals surface area contributed by atoms with Crippen molar-refractivity contribution in [3.05, 3.63) is 53.7 Å². The molecule has 0 unspecified atom stereocenters. The van der Waals surface area contributed by atoms with E-state index in [0.717, 1.165) is 0 Å². The number of aromatic amines is 2. The number of nitrogens with zero attached hydrogens (tertiary/aromatic N) is 3. The van der Waals surface area contributed by atoms with Crippen molar-refractivity contribution < 1.29 is 14.6 Å². The molecular weight excluding hydrogens is 286 g/mol. The van der Waals surface area contributed by atoms with Gasteiger partial charge in [-0.1, -0.05) is 17.2 Å². The van der Waals surface area contributed by atoms with Gasteiger partial charge < -0.3 is 14.8 Å². The molecule has 1 aromatic carbocycles. The zero-order chi connectivity index (χ0) is 15.4. The first-order chi connectivity index (χ1) is 10.7. The molecule has 2 heterocycles. The van der Waals surface area contributed by atoms with E-state index in [1.165, 1.54) is 0 Å². The molecule has 0 saturated carbocycles. The van der Waals surface area contributed by atoms with E-state index in [-0.39, 0.29) is 11.6 Å². The number of rotatable bonds is 3. The van der Waals surface area contributed by atoms with Crippen LogP contribution in [-0.4, -0.2) is 36.5 Å². The Bertz CT molecular complexity index is 858. The van der Waals surface area contributed by atoms with Crippen LogP contribution in [0.3, 0.4) is 0 Å². The second kappa shape index (κ2) is 5.80. The summed E-state index contributed by atoms with van der Waals surface area (Å²) in [4.78, 5) is 17.8. The zero-order valence-corrected chi connectivity index (χ0v) is 11.1. The number of carbonyl (C=O) groups is 1. The molecule has 8 heteroatoms. The van der Waals surface area contributed by atoms with Crippen molar-refractivity contribution in [3.8, 4) is 23.5 Å². The highest BCUT2D eigenvalue weighted by Crippen LogP contribution is 2.22. The van der Waals surface area contributed by atoms with E-state index >= 15 is 0 Å². The van der Waals surface area contributed by atoms with Crippen LogP contribution in [0.5, 0.6) is 11.6 Å². The van der Waals surface area contributed by atoms with E-state index in [2.05, 4.69) is 37.2 Å². The second-order valence-electron chi connectivity index (χ2n) is 4.11. The number of ether oxygens (including phenoxy) is 1. The summed E-state index contributed by atoms with van der Waals surface area (Å²) >= 11 is 0. The lowest BCUT2D eigenvalue weighted by atomic mass is 10.2. The van der Waals surface area contributed by atoms with Crippen LogP contribution in [-0.2, 0) is 0 Å². The number of carboxylic acid groups (broad SMARTS) is 1. The number of nitrogens with one attached hydrogen (secondary N) is 2. The predicted molar refractivity (Wildman–Crippen MR) is 74.4 cm³/mol. The fourth-order valence-electron chi connectivity index (χ4n) is 1.65. The molecule has 0 spiro atoms. The summed E-state index contributed by atoms with van der Waals surface area (Å²) < 4.78 is 5.44. The largest absolute Gasteiger partial charge is 0.476 e. The van der Waals surface area contributed by atoms with Crippen LogP contribution in [0.2, 0.25) is 0 Å². The number of imidazole rings is 1. The summed E-state index contributed by atoms with van der Waals surface area (Å²) in [6.07, 6.45) is 3.30. The average Bonchev–Trinajstić information content (AvgIpc) is 3.16. The first-order valence-electron chi connectivity index (χ1n) is 6.16. The lowest BCUT2D eigenvalue weighted by Crippen LogP contribution is -1.99. The van der Waals surface area contributed by atoms with Crippen molar-refractivity contribution in [2.45, 2.75) is 0 Å². The van der Waals surface area contributed by atoms with Gasteiger partial charge in [0.1, 0.15) is 5.75 Å². The van der Waals surface area contributed by atoms with Crippen molar-refractivity contribution in [3.63, 3.8) is 0 Å². The van der Waals surface area contributed by atoms with Crippen LogP contribution in [0.1, 0.15) is 21.9 Å². The lowest BCUT2D eigenvalue weighted by Gasteiger charge is -2.03. The van der Waals surface area contributed by atoms with E-state index < -0.39 is 5.97 Å². The molecule has 2 aromatic heterocycles. The maximum Gasteiger partial charge on any atom is 0.362 e. The number of aromatic nitrogens is 5. The Morgan fingerprint density at radius 2 is 2.23 bits per heavy atom. The Morgan fingerprint density at radius 1 is 1.32 bits per heavy atom. The number of carboxylic acids is 1. The highest BCUT2D eigenvalue weighted by molar-refractivity contribution is 5.87. The summed E-state index contributed by atoms with van der Waals surface area (Å²) in [7, 11) is 0. The van der Waals surface area contributed by atoms with E-state index in [4.69, 9.17) is 9.84 Å². The summed E-state index contributed by atoms with van der Waals surface area (Å²) in [5.41, 5.74) is 0.408. The quantitative estimate of drug-likeness (QED) is 0.629. The van der Waals surface area contributed by atoms with Crippen LogP contribution in [0.4, 0.5) is 0 Å². The Hall–Kier alpha value is -3.60. The zero-order valence-electron chi connectivity index (χ0n) is 11.1. The minimum absolute atomic E-state index is 0.0383. The molecule has 0 saturated heterocycles. The second-order valence-corrected chi connectivity index (χ2v) is 4.11. The summed E-state index contributed by atoms with van der Waals surface area (Å²) in [5, 5.41) is 18.2. The van der Waals surface area contributed by atoms with Crippen LogP contribution < -0.4 is 4.74 Å². The number of hydrogen-bond donors (Lipinski definition) is 3. The van der Waals surface area contributed by atoms with E-state index in [1.54, 1.807) is 36.7 Å². The fraction of sp³-hybridized carbons (Fsp3) is 0. The first-order valence-corrected chi connectivity index (χ1v) is 6.16. The topological polar surface area (TPSA) is 117 Å². The fourth-order valence-corrected chi connectivity index (χ4v) is 1.65. The monoisotopic (exact) mass is 295 g/mol. The Morgan fingerprint density at radius 3 is 3.00 bits per heavy atom. The third-order valence-electron chi connectivity index (χ3n) is 2.60. The van der Waals surface area contributed by atoms with Crippen LogP contribution >= 0.6 is 0 Å². The summed E-state index contributed by atoms with van der Waals surface area (Å²) in [6.45, 7) is 0. The average molecular weight is 295 g/mol. The molecule has 0 aliphatic carbocycles. The SMILES string of the molecule is O=C(O)c1nn[nH]c1Oc1cccc(C#Cc2ncc[nH]2)c1. The van der Waals surface area contributed by atoms with Crippen LogP contribution in [0, 0.1) is 11.8 Å². The Balaban J connectivity index is 1.82. The molecule has 108 valence electrons. The molecule has 0 aliphatic rings. The van der Waals surface area contributed by atoms with Gasteiger partial charge in [0.05, 0.1) is 0 Å². The molecule has 0 atom stereocenters. The van der Waals surface area contributed by atoms with Crippen molar-refractivity contribution in [2.75, 3.05) is 0 Å². The van der Waals surface area contributed by atoms with Gasteiger partial charge >= 0.3 is 5.97 Å². The van der Waals surface area contributed by atoms with Crippen molar-refractivity contribution in [1.29, 1.82) is 0 Å². The molecule has 0 amide bonds. The number of aromatic carboxylic acids is 1. The Labute approximate surface area is 124 Å². The maximum atomic E-state index is 10.9. The molecule has 3 N–H and O–H groups in total. The first kappa shape index (κ1) is 13.4.